The first-order chi connectivity index (χ1) is 13.3. The van der Waals surface area contributed by atoms with Crippen molar-refractivity contribution >= 4 is 28.8 Å². The van der Waals surface area contributed by atoms with E-state index in [0.29, 0.717) is 47.5 Å². The monoisotopic (exact) mass is 426 g/mol. The molecule has 0 atom stereocenters. The van der Waals surface area contributed by atoms with Crippen molar-refractivity contribution in [2.45, 2.75) is 32.7 Å². The van der Waals surface area contributed by atoms with Gasteiger partial charge in [0.05, 0.1) is 32.5 Å². The fourth-order valence-corrected chi connectivity index (χ4v) is 3.62. The average Bonchev–Trinajstić information content (AvgIpc) is 3.04. The summed E-state index contributed by atoms with van der Waals surface area (Å²) in [5.74, 6) is 0.0518. The van der Waals surface area contributed by atoms with Crippen LogP contribution in [0.5, 0.6) is 5.75 Å². The van der Waals surface area contributed by atoms with Crippen LogP contribution in [0.1, 0.15) is 36.0 Å². The fourth-order valence-electron chi connectivity index (χ4n) is 2.38. The van der Waals surface area contributed by atoms with Crippen LogP contribution in [0.3, 0.4) is 0 Å². The highest BCUT2D eigenvalue weighted by Gasteiger charge is 2.19. The molecule has 0 fully saturated rings. The van der Waals surface area contributed by atoms with Gasteiger partial charge in [0, 0.05) is 29.8 Å². The lowest BCUT2D eigenvalue weighted by Crippen LogP contribution is -2.19. The van der Waals surface area contributed by atoms with Crippen LogP contribution in [0.2, 0.25) is 5.02 Å². The van der Waals surface area contributed by atoms with Crippen LogP contribution in [0.4, 0.5) is 0 Å². The van der Waals surface area contributed by atoms with Crippen molar-refractivity contribution in [3.05, 3.63) is 44.7 Å². The number of hydrogen-bond acceptors (Lipinski definition) is 5. The number of amides is 1. The van der Waals surface area contributed by atoms with Gasteiger partial charge in [-0.15, -0.1) is 11.3 Å². The van der Waals surface area contributed by atoms with Gasteiger partial charge in [0.15, 0.2) is 4.80 Å². The second-order valence-corrected chi connectivity index (χ2v) is 8.63. The van der Waals surface area contributed by atoms with E-state index in [9.17, 15) is 4.79 Å². The van der Waals surface area contributed by atoms with Crippen LogP contribution in [0.15, 0.2) is 29.4 Å². The summed E-state index contributed by atoms with van der Waals surface area (Å²) in [5, 5.41) is 0.459. The minimum absolute atomic E-state index is 0.0477. The lowest BCUT2D eigenvalue weighted by Gasteiger charge is -2.14. The summed E-state index contributed by atoms with van der Waals surface area (Å²) < 4.78 is 17.8. The van der Waals surface area contributed by atoms with E-state index in [4.69, 9.17) is 25.8 Å². The first-order valence-electron chi connectivity index (χ1n) is 8.96. The highest BCUT2D eigenvalue weighted by molar-refractivity contribution is 7.09. The second-order valence-electron chi connectivity index (χ2n) is 7.19. The zero-order valence-electron chi connectivity index (χ0n) is 17.0. The summed E-state index contributed by atoms with van der Waals surface area (Å²) in [6.45, 7) is 8.56. The van der Waals surface area contributed by atoms with Crippen molar-refractivity contribution in [2.75, 3.05) is 34.0 Å². The number of carbonyl (C=O) groups is 1. The van der Waals surface area contributed by atoms with Crippen molar-refractivity contribution in [2.24, 2.45) is 4.99 Å². The molecular formula is C20H27ClN2O4S. The van der Waals surface area contributed by atoms with Crippen LogP contribution in [0, 0.1) is 0 Å². The molecule has 8 heteroatoms. The highest BCUT2D eigenvalue weighted by atomic mass is 35.5. The molecule has 6 nitrogen and oxygen atoms in total. The summed E-state index contributed by atoms with van der Waals surface area (Å²) in [7, 11) is 3.15. The van der Waals surface area contributed by atoms with Crippen LogP contribution in [0.25, 0.3) is 0 Å². The van der Waals surface area contributed by atoms with Gasteiger partial charge in [-0.2, -0.15) is 4.99 Å². The number of hydrogen-bond donors (Lipinski definition) is 0. The van der Waals surface area contributed by atoms with E-state index in [-0.39, 0.29) is 5.41 Å². The summed E-state index contributed by atoms with van der Waals surface area (Å²) in [6.07, 6.45) is 2.03. The molecule has 0 radical (unpaired) electrons. The molecule has 0 N–H and O–H groups in total. The molecule has 1 amide bonds. The number of ether oxygens (including phenoxy) is 3. The number of benzene rings is 1. The van der Waals surface area contributed by atoms with Gasteiger partial charge in [-0.1, -0.05) is 32.4 Å². The van der Waals surface area contributed by atoms with Gasteiger partial charge in [-0.3, -0.25) is 4.79 Å². The number of rotatable bonds is 8. The summed E-state index contributed by atoms with van der Waals surface area (Å²) in [4.78, 5) is 18.9. The first kappa shape index (κ1) is 22.6. The molecule has 28 heavy (non-hydrogen) atoms. The Balaban J connectivity index is 2.35. The predicted octanol–water partition coefficient (Wildman–Crippen LogP) is 3.91. The Morgan fingerprint density at radius 1 is 1.21 bits per heavy atom. The van der Waals surface area contributed by atoms with Crippen molar-refractivity contribution in [3.63, 3.8) is 0 Å². The molecule has 1 aromatic carbocycles. The minimum Gasteiger partial charge on any atom is -0.496 e. The van der Waals surface area contributed by atoms with Crippen LogP contribution in [-0.2, 0) is 21.4 Å². The standard InChI is InChI=1S/C20H27ClN2O4S/c1-20(2,3)17-13-23(8-9-27-11-10-25-4)19(28-17)22-18(24)15-12-14(21)6-7-16(15)26-5/h6-7,12-13H,8-11H2,1-5H3/b22-19-. The van der Waals surface area contributed by atoms with Gasteiger partial charge in [0.25, 0.3) is 5.91 Å². The van der Waals surface area contributed by atoms with Crippen LogP contribution in [-0.4, -0.2) is 44.5 Å². The van der Waals surface area contributed by atoms with E-state index in [1.165, 1.54) is 18.4 Å². The van der Waals surface area contributed by atoms with Gasteiger partial charge in [-0.05, 0) is 23.6 Å². The maximum atomic E-state index is 12.8. The Labute approximate surface area is 174 Å². The van der Waals surface area contributed by atoms with Crippen molar-refractivity contribution in [3.8, 4) is 5.75 Å². The molecule has 154 valence electrons. The van der Waals surface area contributed by atoms with Gasteiger partial charge in [0.2, 0.25) is 0 Å². The van der Waals surface area contributed by atoms with Crippen molar-refractivity contribution in [1.29, 1.82) is 0 Å². The van der Waals surface area contributed by atoms with Crippen molar-refractivity contribution < 1.29 is 19.0 Å². The number of carbonyl (C=O) groups excluding carboxylic acids is 1. The summed E-state index contributed by atoms with van der Waals surface area (Å²) >= 11 is 7.54. The summed E-state index contributed by atoms with van der Waals surface area (Å²) in [5.41, 5.74) is 0.289. The predicted molar refractivity (Wildman–Crippen MR) is 112 cm³/mol. The number of halogens is 1. The summed E-state index contributed by atoms with van der Waals surface area (Å²) in [6, 6.07) is 4.91. The molecule has 0 aliphatic rings. The largest absolute Gasteiger partial charge is 0.496 e. The maximum absolute atomic E-state index is 12.8. The quantitative estimate of drug-likeness (QED) is 0.600. The molecule has 2 aromatic rings. The van der Waals surface area contributed by atoms with E-state index in [2.05, 4.69) is 25.8 Å². The molecule has 0 aliphatic heterocycles. The molecule has 0 saturated heterocycles. The third-order valence-corrected chi connectivity index (χ3v) is 5.64. The second kappa shape index (κ2) is 10.2. The van der Waals surface area contributed by atoms with Gasteiger partial charge >= 0.3 is 0 Å². The Morgan fingerprint density at radius 3 is 2.61 bits per heavy atom. The maximum Gasteiger partial charge on any atom is 0.283 e. The zero-order chi connectivity index (χ0) is 20.7. The van der Waals surface area contributed by atoms with Crippen LogP contribution < -0.4 is 9.54 Å². The molecule has 0 saturated carbocycles. The molecule has 2 rings (SSSR count). The lowest BCUT2D eigenvalue weighted by atomic mass is 9.95. The molecule has 0 bridgehead atoms. The molecule has 0 aliphatic carbocycles. The Bertz CT molecular complexity index is 868. The van der Waals surface area contributed by atoms with Gasteiger partial charge in [0.1, 0.15) is 5.75 Å². The Kier molecular flexibility index (Phi) is 8.24. The van der Waals surface area contributed by atoms with E-state index in [1.54, 1.807) is 25.3 Å². The molecule has 1 heterocycles. The molecule has 1 aromatic heterocycles. The SMILES string of the molecule is COCCOCCn1cc(C(C)(C)C)s/c1=N\C(=O)c1cc(Cl)ccc1OC. The number of aromatic nitrogens is 1. The molecule has 0 spiro atoms. The number of thiazole rings is 1. The smallest absolute Gasteiger partial charge is 0.283 e. The minimum atomic E-state index is -0.393. The van der Waals surface area contributed by atoms with E-state index in [0.717, 1.165) is 4.88 Å². The average molecular weight is 427 g/mol. The fraction of sp³-hybridized carbons (Fsp3) is 0.500. The molecular weight excluding hydrogens is 400 g/mol. The first-order valence-corrected chi connectivity index (χ1v) is 10.2. The van der Waals surface area contributed by atoms with Crippen LogP contribution >= 0.6 is 22.9 Å². The van der Waals surface area contributed by atoms with E-state index >= 15 is 0 Å². The van der Waals surface area contributed by atoms with Crippen molar-refractivity contribution in [1.82, 2.24) is 4.57 Å². The lowest BCUT2D eigenvalue weighted by molar-refractivity contribution is 0.0663. The Morgan fingerprint density at radius 2 is 1.96 bits per heavy atom. The normalized spacial score (nSPS) is 12.4. The Hall–Kier alpha value is -1.67. The topological polar surface area (TPSA) is 62.0 Å². The van der Waals surface area contributed by atoms with E-state index in [1.807, 2.05) is 10.8 Å². The number of methoxy groups -OCH3 is 2. The third kappa shape index (κ3) is 6.17. The van der Waals surface area contributed by atoms with Gasteiger partial charge < -0.3 is 18.8 Å². The zero-order valence-corrected chi connectivity index (χ0v) is 18.5. The molecule has 0 unspecified atom stereocenters. The number of nitrogens with zero attached hydrogens (tertiary/aromatic N) is 2. The third-order valence-electron chi connectivity index (χ3n) is 3.96. The van der Waals surface area contributed by atoms with Gasteiger partial charge in [-0.25, -0.2) is 0 Å². The van der Waals surface area contributed by atoms with E-state index < -0.39 is 5.91 Å². The highest BCUT2D eigenvalue weighted by Crippen LogP contribution is 2.25.